The van der Waals surface area contributed by atoms with E-state index >= 15 is 0 Å². The summed E-state index contributed by atoms with van der Waals surface area (Å²) < 4.78 is 11.6. The Kier molecular flexibility index (Phi) is 4.57. The van der Waals surface area contributed by atoms with E-state index in [1.807, 2.05) is 55.5 Å². The van der Waals surface area contributed by atoms with Crippen LogP contribution in [-0.2, 0) is 9.53 Å². The molecule has 0 radical (unpaired) electrons. The Labute approximate surface area is 142 Å². The molecule has 0 aromatic heterocycles. The molecule has 3 rings (SSSR count). The maximum atomic E-state index is 12.0. The first-order valence-electron chi connectivity index (χ1n) is 7.17. The van der Waals surface area contributed by atoms with Crippen LogP contribution in [0, 0.1) is 0 Å². The molecule has 0 bridgehead atoms. The Morgan fingerprint density at radius 1 is 1.13 bits per heavy atom. The van der Waals surface area contributed by atoms with Gasteiger partial charge in [0.15, 0.2) is 5.70 Å². The first-order valence-corrected chi connectivity index (χ1v) is 7.96. The minimum absolute atomic E-state index is 0.288. The molecule has 0 fully saturated rings. The zero-order chi connectivity index (χ0) is 16.2. The van der Waals surface area contributed by atoms with E-state index in [0.29, 0.717) is 12.5 Å². The third-order valence-corrected chi connectivity index (χ3v) is 3.73. The van der Waals surface area contributed by atoms with Gasteiger partial charge in [-0.15, -0.1) is 0 Å². The quantitative estimate of drug-likeness (QED) is 0.597. The number of carbonyl (C=O) groups is 1. The summed E-state index contributed by atoms with van der Waals surface area (Å²) in [5.74, 6) is 0.630. The highest BCUT2D eigenvalue weighted by Crippen LogP contribution is 2.21. The van der Waals surface area contributed by atoms with Crippen LogP contribution < -0.4 is 4.74 Å². The maximum Gasteiger partial charge on any atom is 0.363 e. The van der Waals surface area contributed by atoms with Crippen LogP contribution in [0.3, 0.4) is 0 Å². The Morgan fingerprint density at radius 3 is 2.48 bits per heavy atom. The van der Waals surface area contributed by atoms with Crippen molar-refractivity contribution in [3.8, 4) is 5.75 Å². The van der Waals surface area contributed by atoms with E-state index in [2.05, 4.69) is 20.9 Å². The van der Waals surface area contributed by atoms with E-state index in [1.165, 1.54) is 0 Å². The lowest BCUT2D eigenvalue weighted by atomic mass is 10.2. The first kappa shape index (κ1) is 15.5. The van der Waals surface area contributed by atoms with Gasteiger partial charge in [0.05, 0.1) is 6.61 Å². The summed E-state index contributed by atoms with van der Waals surface area (Å²) in [5.41, 5.74) is 1.91. The average Bonchev–Trinajstić information content (AvgIpc) is 2.92. The number of carbonyl (C=O) groups excluding carboxylic acids is 1. The van der Waals surface area contributed by atoms with Gasteiger partial charge < -0.3 is 9.47 Å². The minimum Gasteiger partial charge on any atom is -0.494 e. The van der Waals surface area contributed by atoms with Crippen molar-refractivity contribution in [2.24, 2.45) is 4.99 Å². The maximum absolute atomic E-state index is 12.0. The van der Waals surface area contributed by atoms with E-state index in [1.54, 1.807) is 6.08 Å². The molecular formula is C18H14BrNO3. The lowest BCUT2D eigenvalue weighted by molar-refractivity contribution is -0.129. The molecule has 5 heteroatoms. The van der Waals surface area contributed by atoms with Gasteiger partial charge in [-0.3, -0.25) is 0 Å². The van der Waals surface area contributed by atoms with Crippen molar-refractivity contribution in [1.29, 1.82) is 0 Å². The zero-order valence-corrected chi connectivity index (χ0v) is 14.0. The fraction of sp³-hybridized carbons (Fsp3) is 0.111. The Bertz CT molecular complexity index is 777. The second-order valence-electron chi connectivity index (χ2n) is 4.84. The van der Waals surface area contributed by atoms with E-state index in [0.717, 1.165) is 21.3 Å². The van der Waals surface area contributed by atoms with E-state index in [4.69, 9.17) is 9.47 Å². The van der Waals surface area contributed by atoms with Crippen LogP contribution in [-0.4, -0.2) is 18.5 Å². The summed E-state index contributed by atoms with van der Waals surface area (Å²) in [5, 5.41) is 0. The summed E-state index contributed by atoms with van der Waals surface area (Å²) in [6.45, 7) is 2.53. The largest absolute Gasteiger partial charge is 0.494 e. The molecule has 0 N–H and O–H groups in total. The fourth-order valence-electron chi connectivity index (χ4n) is 2.11. The molecule has 2 aromatic rings. The predicted octanol–water partition coefficient (Wildman–Crippen LogP) is 4.19. The number of hydrogen-bond acceptors (Lipinski definition) is 4. The molecule has 116 valence electrons. The third-order valence-electron chi connectivity index (χ3n) is 3.21. The summed E-state index contributed by atoms with van der Waals surface area (Å²) in [4.78, 5) is 16.2. The number of rotatable bonds is 4. The molecule has 0 atom stereocenters. The second-order valence-corrected chi connectivity index (χ2v) is 5.76. The molecule has 0 saturated heterocycles. The third kappa shape index (κ3) is 3.68. The molecule has 1 aliphatic rings. The van der Waals surface area contributed by atoms with Crippen LogP contribution in [0.5, 0.6) is 5.75 Å². The van der Waals surface area contributed by atoms with E-state index in [9.17, 15) is 4.79 Å². The topological polar surface area (TPSA) is 47.9 Å². The average molecular weight is 372 g/mol. The normalized spacial score (nSPS) is 15.5. The monoisotopic (exact) mass is 371 g/mol. The van der Waals surface area contributed by atoms with Gasteiger partial charge in [0.2, 0.25) is 5.90 Å². The number of aliphatic imine (C=N–C) groups is 1. The summed E-state index contributed by atoms with van der Waals surface area (Å²) in [6, 6.07) is 14.9. The van der Waals surface area contributed by atoms with Crippen molar-refractivity contribution < 1.29 is 14.3 Å². The molecule has 0 saturated carbocycles. The second kappa shape index (κ2) is 6.79. The molecule has 0 spiro atoms. The number of esters is 1. The van der Waals surface area contributed by atoms with Crippen molar-refractivity contribution in [3.63, 3.8) is 0 Å². The minimum atomic E-state index is -0.447. The molecule has 0 aliphatic carbocycles. The summed E-state index contributed by atoms with van der Waals surface area (Å²) >= 11 is 3.38. The highest BCUT2D eigenvalue weighted by atomic mass is 79.9. The number of nitrogens with zero attached hydrogens (tertiary/aromatic N) is 1. The summed E-state index contributed by atoms with van der Waals surface area (Å²) in [6.07, 6.45) is 1.70. The fourth-order valence-corrected chi connectivity index (χ4v) is 2.37. The molecule has 0 amide bonds. The number of cyclic esters (lactones) is 1. The highest BCUT2D eigenvalue weighted by Gasteiger charge is 2.24. The lowest BCUT2D eigenvalue weighted by Gasteiger charge is -2.03. The standard InChI is InChI=1S/C18H14BrNO3/c1-2-22-15-9-5-13(6-10-15)17-20-16(18(21)23-17)11-12-3-7-14(19)8-4-12/h3-11H,2H2,1H3/b16-11-. The van der Waals surface area contributed by atoms with Gasteiger partial charge >= 0.3 is 5.97 Å². The SMILES string of the molecule is CCOc1ccc(C2=N/C(=C\c3ccc(Br)cc3)C(=O)O2)cc1. The van der Waals surface area contributed by atoms with Gasteiger partial charge in [-0.1, -0.05) is 28.1 Å². The molecular weight excluding hydrogens is 358 g/mol. The summed E-state index contributed by atoms with van der Waals surface area (Å²) in [7, 11) is 0. The van der Waals surface area contributed by atoms with Crippen LogP contribution in [0.25, 0.3) is 6.08 Å². The van der Waals surface area contributed by atoms with Crippen molar-refractivity contribution in [1.82, 2.24) is 0 Å². The van der Waals surface area contributed by atoms with Crippen molar-refractivity contribution in [3.05, 3.63) is 69.8 Å². The first-order chi connectivity index (χ1) is 11.2. The Hall–Kier alpha value is -2.40. The molecule has 23 heavy (non-hydrogen) atoms. The van der Waals surface area contributed by atoms with Crippen LogP contribution in [0.15, 0.2) is 63.7 Å². The zero-order valence-electron chi connectivity index (χ0n) is 12.5. The van der Waals surface area contributed by atoms with Gasteiger partial charge in [-0.2, -0.15) is 0 Å². The highest BCUT2D eigenvalue weighted by molar-refractivity contribution is 9.10. The number of ether oxygens (including phenoxy) is 2. The van der Waals surface area contributed by atoms with Gasteiger partial charge in [-0.25, -0.2) is 9.79 Å². The van der Waals surface area contributed by atoms with E-state index < -0.39 is 5.97 Å². The lowest BCUT2D eigenvalue weighted by Crippen LogP contribution is -2.05. The van der Waals surface area contributed by atoms with Crippen molar-refractivity contribution in [2.45, 2.75) is 6.92 Å². The van der Waals surface area contributed by atoms with Crippen molar-refractivity contribution in [2.75, 3.05) is 6.61 Å². The molecule has 0 unspecified atom stereocenters. The Balaban J connectivity index is 1.84. The number of hydrogen-bond donors (Lipinski definition) is 0. The number of benzene rings is 2. The molecule has 1 aliphatic heterocycles. The van der Waals surface area contributed by atoms with Crippen LogP contribution in [0.2, 0.25) is 0 Å². The van der Waals surface area contributed by atoms with Gasteiger partial charge in [0.25, 0.3) is 0 Å². The molecule has 4 nitrogen and oxygen atoms in total. The van der Waals surface area contributed by atoms with Gasteiger partial charge in [0.1, 0.15) is 5.75 Å². The van der Waals surface area contributed by atoms with Gasteiger partial charge in [-0.05, 0) is 55.0 Å². The number of halogens is 1. The van der Waals surface area contributed by atoms with Crippen LogP contribution in [0.4, 0.5) is 0 Å². The Morgan fingerprint density at radius 2 is 1.83 bits per heavy atom. The molecule has 2 aromatic carbocycles. The smallest absolute Gasteiger partial charge is 0.363 e. The van der Waals surface area contributed by atoms with Gasteiger partial charge in [0, 0.05) is 10.0 Å². The predicted molar refractivity (Wildman–Crippen MR) is 92.4 cm³/mol. The van der Waals surface area contributed by atoms with E-state index in [-0.39, 0.29) is 5.70 Å². The molecule has 1 heterocycles. The van der Waals surface area contributed by atoms with Crippen LogP contribution >= 0.6 is 15.9 Å². The van der Waals surface area contributed by atoms with Crippen molar-refractivity contribution >= 4 is 33.9 Å². The van der Waals surface area contributed by atoms with Crippen LogP contribution in [0.1, 0.15) is 18.1 Å².